The number of hydrogen-bond acceptors (Lipinski definition) is 7. The number of aromatic nitrogens is 1. The maximum atomic E-state index is 12.4. The largest absolute Gasteiger partial charge is 0.479 e. The zero-order valence-corrected chi connectivity index (χ0v) is 18.1. The molecule has 0 fully saturated rings. The fourth-order valence-electron chi connectivity index (χ4n) is 3.06. The lowest BCUT2D eigenvalue weighted by Crippen LogP contribution is -2.52. The summed E-state index contributed by atoms with van der Waals surface area (Å²) in [5.41, 5.74) is 4.75. The first-order chi connectivity index (χ1) is 15.9. The van der Waals surface area contributed by atoms with Gasteiger partial charge in [0.15, 0.2) is 11.2 Å². The first kappa shape index (κ1) is 21.9. The Kier molecular flexibility index (Phi) is 6.27. The van der Waals surface area contributed by atoms with E-state index in [1.165, 1.54) is 6.07 Å². The van der Waals surface area contributed by atoms with Crippen LogP contribution in [0.15, 0.2) is 76.1 Å². The summed E-state index contributed by atoms with van der Waals surface area (Å²) in [6.07, 6.45) is 0.745. The molecule has 0 bridgehead atoms. The Morgan fingerprint density at radius 2 is 1.79 bits per heavy atom. The van der Waals surface area contributed by atoms with Crippen molar-refractivity contribution in [2.45, 2.75) is 13.0 Å². The molecule has 0 radical (unpaired) electrons. The van der Waals surface area contributed by atoms with Gasteiger partial charge < -0.3 is 9.15 Å². The Hall–Kier alpha value is -4.31. The number of para-hydroxylation sites is 2. The van der Waals surface area contributed by atoms with E-state index in [4.69, 9.17) is 21.4 Å². The van der Waals surface area contributed by atoms with Crippen molar-refractivity contribution in [2.75, 3.05) is 0 Å². The van der Waals surface area contributed by atoms with Crippen LogP contribution in [0.4, 0.5) is 0 Å². The van der Waals surface area contributed by atoms with Gasteiger partial charge in [0.2, 0.25) is 0 Å². The van der Waals surface area contributed by atoms with E-state index in [1.54, 1.807) is 49.5 Å². The second-order valence-corrected chi connectivity index (χ2v) is 7.38. The van der Waals surface area contributed by atoms with E-state index >= 15 is 0 Å². The lowest BCUT2D eigenvalue weighted by atomic mass is 10.2. The molecule has 33 heavy (non-hydrogen) atoms. The summed E-state index contributed by atoms with van der Waals surface area (Å²) >= 11 is 5.03. The van der Waals surface area contributed by atoms with Crippen LogP contribution in [0, 0.1) is 0 Å². The van der Waals surface area contributed by atoms with Crippen molar-refractivity contribution in [3.63, 3.8) is 0 Å². The number of nitrogens with zero attached hydrogens (tertiary/aromatic N) is 1. The number of carbonyl (C=O) groups excluding carboxylic acids is 2. The molecule has 166 valence electrons. The summed E-state index contributed by atoms with van der Waals surface area (Å²) in [6.45, 7) is 1.56. The van der Waals surface area contributed by atoms with Gasteiger partial charge in [-0.3, -0.25) is 30.7 Å². The van der Waals surface area contributed by atoms with Crippen LogP contribution in [0.25, 0.3) is 21.9 Å². The van der Waals surface area contributed by atoms with Crippen LogP contribution in [0.2, 0.25) is 0 Å². The van der Waals surface area contributed by atoms with E-state index in [9.17, 15) is 14.4 Å². The minimum absolute atomic E-state index is 0.208. The van der Waals surface area contributed by atoms with Gasteiger partial charge in [-0.05, 0) is 43.4 Å². The second-order valence-electron chi connectivity index (χ2n) is 6.97. The quantitative estimate of drug-likeness (QED) is 0.240. The average Bonchev–Trinajstić information content (AvgIpc) is 2.82. The third kappa shape index (κ3) is 4.96. The highest BCUT2D eigenvalue weighted by atomic mass is 32.1. The highest BCUT2D eigenvalue weighted by molar-refractivity contribution is 7.80. The molecular weight excluding hydrogens is 444 g/mol. The number of hydrazine groups is 1. The van der Waals surface area contributed by atoms with Crippen molar-refractivity contribution in [1.29, 1.82) is 0 Å². The fraction of sp³-hybridized carbons (Fsp3) is 0.0870. The molecule has 0 aliphatic rings. The number of hydrogen-bond donors (Lipinski definition) is 3. The van der Waals surface area contributed by atoms with Gasteiger partial charge in [0.05, 0.1) is 0 Å². The Balaban J connectivity index is 1.34. The number of pyridine rings is 1. The molecule has 0 aliphatic heterocycles. The normalized spacial score (nSPS) is 11.5. The Morgan fingerprint density at radius 3 is 2.64 bits per heavy atom. The third-order valence-electron chi connectivity index (χ3n) is 4.68. The van der Waals surface area contributed by atoms with Crippen LogP contribution < -0.4 is 26.5 Å². The number of carbonyl (C=O) groups is 2. The summed E-state index contributed by atoms with van der Waals surface area (Å²) in [4.78, 5) is 41.2. The molecule has 10 heteroatoms. The highest BCUT2D eigenvalue weighted by Crippen LogP contribution is 2.23. The smallest absolute Gasteiger partial charge is 0.349 e. The summed E-state index contributed by atoms with van der Waals surface area (Å²) < 4.78 is 10.9. The fourth-order valence-corrected chi connectivity index (χ4v) is 3.20. The SMILES string of the molecule is C[C@H](Oc1cccc2cccnc12)C(=O)NNC(=S)NC(=O)c1cc2ccccc2oc1=O. The average molecular weight is 462 g/mol. The zero-order chi connectivity index (χ0) is 23.4. The Morgan fingerprint density at radius 1 is 1.03 bits per heavy atom. The van der Waals surface area contributed by atoms with Crippen LogP contribution in [0.5, 0.6) is 5.75 Å². The topological polar surface area (TPSA) is 123 Å². The van der Waals surface area contributed by atoms with Crippen molar-refractivity contribution in [3.8, 4) is 5.75 Å². The summed E-state index contributed by atoms with van der Waals surface area (Å²) in [5.74, 6) is -0.855. The molecule has 0 saturated heterocycles. The van der Waals surface area contributed by atoms with Crippen molar-refractivity contribution < 1.29 is 18.7 Å². The number of fused-ring (bicyclic) bond motifs is 2. The first-order valence-corrected chi connectivity index (χ1v) is 10.3. The molecule has 0 aliphatic carbocycles. The molecule has 1 atom stereocenters. The molecule has 2 heterocycles. The number of amides is 2. The van der Waals surface area contributed by atoms with Gasteiger partial charge in [0, 0.05) is 17.0 Å². The van der Waals surface area contributed by atoms with Crippen LogP contribution >= 0.6 is 12.2 Å². The molecule has 0 saturated carbocycles. The lowest BCUT2D eigenvalue weighted by Gasteiger charge is -2.17. The van der Waals surface area contributed by atoms with Crippen molar-refractivity contribution in [2.24, 2.45) is 0 Å². The van der Waals surface area contributed by atoms with Gasteiger partial charge >= 0.3 is 5.63 Å². The summed E-state index contributed by atoms with van der Waals surface area (Å²) in [7, 11) is 0. The summed E-state index contributed by atoms with van der Waals surface area (Å²) in [5, 5.41) is 3.58. The van der Waals surface area contributed by atoms with Gasteiger partial charge in [-0.1, -0.05) is 36.4 Å². The third-order valence-corrected chi connectivity index (χ3v) is 4.89. The van der Waals surface area contributed by atoms with E-state index in [0.29, 0.717) is 22.2 Å². The number of thiocarbonyl (C=S) groups is 1. The Bertz CT molecular complexity index is 1430. The molecule has 2 amide bonds. The highest BCUT2D eigenvalue weighted by Gasteiger charge is 2.18. The molecule has 4 rings (SSSR count). The minimum Gasteiger partial charge on any atom is -0.479 e. The lowest BCUT2D eigenvalue weighted by molar-refractivity contribution is -0.127. The van der Waals surface area contributed by atoms with Crippen LogP contribution in [-0.2, 0) is 4.79 Å². The second kappa shape index (κ2) is 9.45. The van der Waals surface area contributed by atoms with Crippen LogP contribution in [0.3, 0.4) is 0 Å². The van der Waals surface area contributed by atoms with Gasteiger partial charge in [-0.15, -0.1) is 0 Å². The van der Waals surface area contributed by atoms with Crippen molar-refractivity contribution in [1.82, 2.24) is 21.2 Å². The number of ether oxygens (including phenoxy) is 1. The molecule has 0 unspecified atom stereocenters. The van der Waals surface area contributed by atoms with Gasteiger partial charge in [0.1, 0.15) is 22.4 Å². The number of benzene rings is 2. The first-order valence-electron chi connectivity index (χ1n) is 9.87. The predicted octanol–water partition coefficient (Wildman–Crippen LogP) is 2.44. The minimum atomic E-state index is -0.892. The van der Waals surface area contributed by atoms with Crippen LogP contribution in [0.1, 0.15) is 17.3 Å². The maximum Gasteiger partial charge on any atom is 0.349 e. The number of rotatable bonds is 4. The van der Waals surface area contributed by atoms with Crippen molar-refractivity contribution in [3.05, 3.63) is 82.8 Å². The molecule has 2 aromatic carbocycles. The van der Waals surface area contributed by atoms with E-state index in [1.807, 2.05) is 18.2 Å². The monoisotopic (exact) mass is 462 g/mol. The summed E-state index contributed by atoms with van der Waals surface area (Å²) in [6, 6.07) is 17.3. The Labute approximate surface area is 192 Å². The van der Waals surface area contributed by atoms with Gasteiger partial charge in [-0.25, -0.2) is 4.79 Å². The van der Waals surface area contributed by atoms with E-state index in [2.05, 4.69) is 21.2 Å². The van der Waals surface area contributed by atoms with Crippen molar-refractivity contribution >= 4 is 51.0 Å². The number of nitrogens with one attached hydrogen (secondary N) is 3. The molecular formula is C23H18N4O5S. The zero-order valence-electron chi connectivity index (χ0n) is 17.3. The van der Waals surface area contributed by atoms with E-state index in [-0.39, 0.29) is 10.7 Å². The van der Waals surface area contributed by atoms with Gasteiger partial charge in [0.25, 0.3) is 11.8 Å². The molecule has 4 aromatic rings. The van der Waals surface area contributed by atoms with Crippen LogP contribution in [-0.4, -0.2) is 28.0 Å². The molecule has 0 spiro atoms. The molecule has 2 aromatic heterocycles. The maximum absolute atomic E-state index is 12.4. The standard InChI is InChI=1S/C23H18N4O5S/c1-13(31-18-10-4-7-14-8-5-11-24-19(14)18)20(28)26-27-23(33)25-21(29)16-12-15-6-2-3-9-17(15)32-22(16)30/h2-13H,1H3,(H,26,28)(H2,25,27,29,33)/t13-/m0/s1. The predicted molar refractivity (Wildman–Crippen MR) is 126 cm³/mol. The van der Waals surface area contributed by atoms with Gasteiger partial charge in [-0.2, -0.15) is 0 Å². The van der Waals surface area contributed by atoms with E-state index in [0.717, 1.165) is 5.39 Å². The van der Waals surface area contributed by atoms with E-state index < -0.39 is 23.5 Å². The molecule has 9 nitrogen and oxygen atoms in total. The molecule has 3 N–H and O–H groups in total.